The van der Waals surface area contributed by atoms with Crippen molar-refractivity contribution in [2.24, 2.45) is 0 Å². The molecule has 0 spiro atoms. The first-order valence-corrected chi connectivity index (χ1v) is 7.27. The van der Waals surface area contributed by atoms with E-state index in [4.69, 9.17) is 0 Å². The second kappa shape index (κ2) is 8.48. The molecule has 1 amide bonds. The van der Waals surface area contributed by atoms with E-state index in [-0.39, 0.29) is 18.1 Å². The van der Waals surface area contributed by atoms with Gasteiger partial charge in [-0.3, -0.25) is 4.79 Å². The van der Waals surface area contributed by atoms with E-state index in [0.29, 0.717) is 6.42 Å². The summed E-state index contributed by atoms with van der Waals surface area (Å²) in [4.78, 5) is 14.3. The minimum Gasteiger partial charge on any atom is -0.393 e. The minimum atomic E-state index is -0.319. The van der Waals surface area contributed by atoms with E-state index in [1.807, 2.05) is 18.9 Å². The van der Waals surface area contributed by atoms with Crippen LogP contribution in [0.3, 0.4) is 0 Å². The zero-order valence-corrected chi connectivity index (χ0v) is 11.8. The van der Waals surface area contributed by atoms with E-state index in [1.54, 1.807) is 0 Å². The maximum absolute atomic E-state index is 12.2. The number of amides is 1. The van der Waals surface area contributed by atoms with Gasteiger partial charge in [0.1, 0.15) is 0 Å². The molecule has 2 N–H and O–H groups in total. The van der Waals surface area contributed by atoms with Crippen LogP contribution in [-0.4, -0.2) is 48.2 Å². The number of carbonyl (C=O) groups is 1. The van der Waals surface area contributed by atoms with Gasteiger partial charge in [-0.25, -0.2) is 0 Å². The largest absolute Gasteiger partial charge is 0.393 e. The van der Waals surface area contributed by atoms with Gasteiger partial charge >= 0.3 is 0 Å². The Hall–Kier alpha value is -0.610. The van der Waals surface area contributed by atoms with Crippen LogP contribution >= 0.6 is 0 Å². The highest BCUT2D eigenvalue weighted by molar-refractivity contribution is 5.76. The lowest BCUT2D eigenvalue weighted by molar-refractivity contribution is -0.134. The predicted octanol–water partition coefficient (Wildman–Crippen LogP) is 1.53. The van der Waals surface area contributed by atoms with Crippen molar-refractivity contribution < 1.29 is 9.90 Å². The fraction of sp³-hybridized carbons (Fsp3) is 0.929. The van der Waals surface area contributed by atoms with Gasteiger partial charge in [0.15, 0.2) is 0 Å². The monoisotopic (exact) mass is 256 g/mol. The molecule has 0 aromatic rings. The normalized spacial score (nSPS) is 22.6. The lowest BCUT2D eigenvalue weighted by Gasteiger charge is -2.31. The van der Waals surface area contributed by atoms with Crippen molar-refractivity contribution in [1.29, 1.82) is 0 Å². The quantitative estimate of drug-likeness (QED) is 0.709. The molecular formula is C14H28N2O2. The van der Waals surface area contributed by atoms with Gasteiger partial charge in [-0.15, -0.1) is 0 Å². The fourth-order valence-corrected chi connectivity index (χ4v) is 2.70. The van der Waals surface area contributed by atoms with Crippen LogP contribution in [0.4, 0.5) is 0 Å². The van der Waals surface area contributed by atoms with Gasteiger partial charge in [-0.2, -0.15) is 0 Å². The SMILES string of the molecule is CNCCCC(=O)N1CCCCCC1CC(C)O. The predicted molar refractivity (Wildman–Crippen MR) is 73.4 cm³/mol. The Morgan fingerprint density at radius 1 is 1.44 bits per heavy atom. The third-order valence-electron chi connectivity index (χ3n) is 3.63. The number of carbonyl (C=O) groups excluding carboxylic acids is 1. The molecule has 0 aromatic heterocycles. The molecule has 0 radical (unpaired) electrons. The molecule has 18 heavy (non-hydrogen) atoms. The molecule has 4 nitrogen and oxygen atoms in total. The van der Waals surface area contributed by atoms with Crippen LogP contribution in [0, 0.1) is 0 Å². The number of hydrogen-bond acceptors (Lipinski definition) is 3. The second-order valence-corrected chi connectivity index (χ2v) is 5.38. The summed E-state index contributed by atoms with van der Waals surface area (Å²) < 4.78 is 0. The van der Waals surface area contributed by atoms with E-state index in [0.717, 1.165) is 38.8 Å². The Morgan fingerprint density at radius 2 is 2.22 bits per heavy atom. The van der Waals surface area contributed by atoms with Gasteiger partial charge in [0.05, 0.1) is 6.10 Å². The van der Waals surface area contributed by atoms with E-state index < -0.39 is 0 Å². The van der Waals surface area contributed by atoms with Crippen molar-refractivity contribution in [1.82, 2.24) is 10.2 Å². The topological polar surface area (TPSA) is 52.6 Å². The smallest absolute Gasteiger partial charge is 0.222 e. The molecule has 1 aliphatic rings. The Labute approximate surface area is 111 Å². The molecule has 1 rings (SSSR count). The average molecular weight is 256 g/mol. The van der Waals surface area contributed by atoms with Crippen LogP contribution in [0.25, 0.3) is 0 Å². The molecule has 0 aromatic carbocycles. The first-order valence-electron chi connectivity index (χ1n) is 7.27. The van der Waals surface area contributed by atoms with Crippen molar-refractivity contribution in [3.8, 4) is 0 Å². The lowest BCUT2D eigenvalue weighted by Crippen LogP contribution is -2.41. The van der Waals surface area contributed by atoms with Crippen LogP contribution in [-0.2, 0) is 4.79 Å². The standard InChI is InChI=1S/C14H28N2O2/c1-12(17)11-13-7-4-3-5-10-16(13)14(18)8-6-9-15-2/h12-13,15,17H,3-11H2,1-2H3. The average Bonchev–Trinajstić information content (AvgIpc) is 2.54. The maximum Gasteiger partial charge on any atom is 0.222 e. The van der Waals surface area contributed by atoms with Gasteiger partial charge in [-0.1, -0.05) is 12.8 Å². The van der Waals surface area contributed by atoms with Gasteiger partial charge < -0.3 is 15.3 Å². The molecule has 0 bridgehead atoms. The number of rotatable bonds is 6. The first-order chi connectivity index (χ1) is 8.65. The molecule has 1 saturated heterocycles. The second-order valence-electron chi connectivity index (χ2n) is 5.38. The van der Waals surface area contributed by atoms with Crippen LogP contribution in [0.2, 0.25) is 0 Å². The number of nitrogens with zero attached hydrogens (tertiary/aromatic N) is 1. The van der Waals surface area contributed by atoms with E-state index in [1.165, 1.54) is 12.8 Å². The summed E-state index contributed by atoms with van der Waals surface area (Å²) in [7, 11) is 1.91. The highest BCUT2D eigenvalue weighted by Crippen LogP contribution is 2.21. The van der Waals surface area contributed by atoms with E-state index in [2.05, 4.69) is 5.32 Å². The fourth-order valence-electron chi connectivity index (χ4n) is 2.70. The third kappa shape index (κ3) is 5.36. The summed E-state index contributed by atoms with van der Waals surface area (Å²) >= 11 is 0. The van der Waals surface area contributed by atoms with Gasteiger partial charge in [0.2, 0.25) is 5.91 Å². The highest BCUT2D eigenvalue weighted by atomic mass is 16.3. The first kappa shape index (κ1) is 15.4. The summed E-state index contributed by atoms with van der Waals surface area (Å²) in [6.07, 6.45) is 6.45. The zero-order valence-electron chi connectivity index (χ0n) is 11.8. The molecule has 1 aliphatic heterocycles. The Morgan fingerprint density at radius 3 is 2.89 bits per heavy atom. The number of nitrogens with one attached hydrogen (secondary N) is 1. The molecule has 4 heteroatoms. The molecule has 1 fully saturated rings. The van der Waals surface area contributed by atoms with Crippen molar-refractivity contribution in [3.63, 3.8) is 0 Å². The Bertz CT molecular complexity index is 244. The summed E-state index contributed by atoms with van der Waals surface area (Å²) in [6.45, 7) is 3.57. The third-order valence-corrected chi connectivity index (χ3v) is 3.63. The maximum atomic E-state index is 12.2. The molecule has 2 unspecified atom stereocenters. The van der Waals surface area contributed by atoms with E-state index in [9.17, 15) is 9.90 Å². The van der Waals surface area contributed by atoms with Crippen molar-refractivity contribution >= 4 is 5.91 Å². The molecule has 0 aliphatic carbocycles. The zero-order chi connectivity index (χ0) is 13.4. The molecule has 2 atom stereocenters. The number of aliphatic hydroxyl groups excluding tert-OH is 1. The van der Waals surface area contributed by atoms with E-state index >= 15 is 0 Å². The summed E-state index contributed by atoms with van der Waals surface area (Å²) in [6, 6.07) is 0.245. The molecule has 0 saturated carbocycles. The molecule has 106 valence electrons. The van der Waals surface area contributed by atoms with Gasteiger partial charge in [0.25, 0.3) is 0 Å². The van der Waals surface area contributed by atoms with Crippen LogP contribution in [0.5, 0.6) is 0 Å². The van der Waals surface area contributed by atoms with Crippen LogP contribution < -0.4 is 5.32 Å². The summed E-state index contributed by atoms with van der Waals surface area (Å²) in [5.41, 5.74) is 0. The van der Waals surface area contributed by atoms with Crippen molar-refractivity contribution in [3.05, 3.63) is 0 Å². The summed E-state index contributed by atoms with van der Waals surface area (Å²) in [5.74, 6) is 0.262. The Kier molecular flexibility index (Phi) is 7.28. The number of likely N-dealkylation sites (tertiary alicyclic amines) is 1. The van der Waals surface area contributed by atoms with Crippen molar-refractivity contribution in [2.45, 2.75) is 64.0 Å². The lowest BCUT2D eigenvalue weighted by atomic mass is 10.0. The van der Waals surface area contributed by atoms with Gasteiger partial charge in [0, 0.05) is 19.0 Å². The minimum absolute atomic E-state index is 0.245. The van der Waals surface area contributed by atoms with Crippen molar-refractivity contribution in [2.75, 3.05) is 20.1 Å². The number of hydrogen-bond donors (Lipinski definition) is 2. The highest BCUT2D eigenvalue weighted by Gasteiger charge is 2.25. The Balaban J connectivity index is 2.52. The summed E-state index contributed by atoms with van der Waals surface area (Å²) in [5, 5.41) is 12.6. The molecular weight excluding hydrogens is 228 g/mol. The van der Waals surface area contributed by atoms with Gasteiger partial charge in [-0.05, 0) is 46.2 Å². The van der Waals surface area contributed by atoms with Crippen LogP contribution in [0.15, 0.2) is 0 Å². The molecule has 1 heterocycles. The van der Waals surface area contributed by atoms with Crippen LogP contribution in [0.1, 0.15) is 51.9 Å². The number of aliphatic hydroxyl groups is 1.